The van der Waals surface area contributed by atoms with Gasteiger partial charge in [-0.25, -0.2) is 24.0 Å². The zero-order valence-corrected chi connectivity index (χ0v) is 13.5. The molecule has 0 saturated carbocycles. The van der Waals surface area contributed by atoms with Crippen LogP contribution in [0, 0.1) is 10.8 Å². The number of ether oxygens (including phenoxy) is 1. The first-order valence-electron chi connectivity index (χ1n) is 6.93. The highest BCUT2D eigenvalue weighted by Gasteiger charge is 2.71. The monoisotopic (exact) mass is 404 g/mol. The van der Waals surface area contributed by atoms with Crippen molar-refractivity contribution in [2.75, 3.05) is 13.3 Å². The molecule has 1 heterocycles. The number of carboxylic acid groups (broad SMARTS) is 3. The van der Waals surface area contributed by atoms with Crippen molar-refractivity contribution in [3.05, 3.63) is 0 Å². The Morgan fingerprint density at radius 3 is 1.71 bits per heavy atom. The van der Waals surface area contributed by atoms with Crippen molar-refractivity contribution in [3.63, 3.8) is 0 Å². The van der Waals surface area contributed by atoms with Crippen molar-refractivity contribution in [3.8, 4) is 0 Å². The van der Waals surface area contributed by atoms with E-state index in [1.165, 1.54) is 0 Å². The van der Waals surface area contributed by atoms with Gasteiger partial charge in [-0.05, 0) is 0 Å². The summed E-state index contributed by atoms with van der Waals surface area (Å²) in [5.74, 6) is -15.9. The topological polar surface area (TPSA) is 269 Å². The van der Waals surface area contributed by atoms with Crippen molar-refractivity contribution < 1.29 is 58.4 Å². The number of cyclic esters (lactones) is 2. The van der Waals surface area contributed by atoms with E-state index in [1.54, 1.807) is 16.0 Å². The number of nitrogens with two attached hydrogens (primary N) is 1. The smallest absolute Gasteiger partial charge is 0.352 e. The number of carbonyl (C=O) groups is 8. The Morgan fingerprint density at radius 2 is 1.36 bits per heavy atom. The molecule has 0 aromatic heterocycles. The summed E-state index contributed by atoms with van der Waals surface area (Å²) in [4.78, 5) is 91.8. The number of aliphatic carboxylic acids is 3. The molecule has 1 aliphatic heterocycles. The third-order valence-corrected chi connectivity index (χ3v) is 3.54. The summed E-state index contributed by atoms with van der Waals surface area (Å²) in [6.45, 7) is -1.86. The molecule has 16 heteroatoms. The van der Waals surface area contributed by atoms with Crippen LogP contribution in [-0.2, 0) is 43.1 Å². The summed E-state index contributed by atoms with van der Waals surface area (Å²) >= 11 is 0. The second kappa shape index (κ2) is 7.66. The van der Waals surface area contributed by atoms with E-state index in [0.29, 0.717) is 0 Å². The number of hydrogen-bond donors (Lipinski definition) is 7. The van der Waals surface area contributed by atoms with Gasteiger partial charge in [-0.1, -0.05) is 0 Å². The molecule has 1 aliphatic rings. The van der Waals surface area contributed by atoms with Crippen LogP contribution < -0.4 is 21.7 Å². The van der Waals surface area contributed by atoms with E-state index in [0.717, 1.165) is 0 Å². The predicted octanol–water partition coefficient (Wildman–Crippen LogP) is -5.48. The van der Waals surface area contributed by atoms with Gasteiger partial charge >= 0.3 is 40.7 Å². The molecule has 0 unspecified atom stereocenters. The molecule has 0 bridgehead atoms. The molecule has 0 aromatic carbocycles. The molecule has 1 fully saturated rings. The molecule has 28 heavy (non-hydrogen) atoms. The molecule has 0 aromatic rings. The Kier molecular flexibility index (Phi) is 6.01. The summed E-state index contributed by atoms with van der Waals surface area (Å²) in [5, 5.41) is 31.9. The lowest BCUT2D eigenvalue weighted by Crippen LogP contribution is -2.67. The summed E-state index contributed by atoms with van der Waals surface area (Å²) < 4.78 is 3.81. The maximum atomic E-state index is 12.0. The van der Waals surface area contributed by atoms with Gasteiger partial charge in [0.25, 0.3) is 17.7 Å². The minimum Gasteiger partial charge on any atom is -0.480 e. The molecular formula is C12H12N4O12. The lowest BCUT2D eigenvalue weighted by atomic mass is 9.83. The van der Waals surface area contributed by atoms with E-state index in [9.17, 15) is 38.4 Å². The first-order chi connectivity index (χ1) is 12.9. The molecule has 8 N–H and O–H groups in total. The number of nitrogens with one attached hydrogen (secondary N) is 3. The van der Waals surface area contributed by atoms with Gasteiger partial charge in [-0.3, -0.25) is 14.4 Å². The van der Waals surface area contributed by atoms with Gasteiger partial charge in [0, 0.05) is 0 Å². The molecule has 16 nitrogen and oxygen atoms in total. The standard InChI is InChI=1S/C12H12N4O12/c13-1-14-3(17)11(6(20)21,7(22)23)4(18)15-2-16-5(19)12(8(24)25)9(26)28-10(12)27/h1-2,13H2,(H,14,17)(H,15,18)(H,16,19)(H,20,21)(H,22,23)(H,24,25). The van der Waals surface area contributed by atoms with Crippen LogP contribution >= 0.6 is 0 Å². The van der Waals surface area contributed by atoms with Gasteiger partial charge in [0.1, 0.15) is 0 Å². The molecule has 0 radical (unpaired) electrons. The lowest BCUT2D eigenvalue weighted by Gasteiger charge is -2.30. The summed E-state index contributed by atoms with van der Waals surface area (Å²) in [6.07, 6.45) is 0. The average molecular weight is 404 g/mol. The highest BCUT2D eigenvalue weighted by Crippen LogP contribution is 2.31. The molecule has 1 rings (SSSR count). The number of carbonyl (C=O) groups excluding carboxylic acids is 5. The van der Waals surface area contributed by atoms with Crippen LogP contribution in [0.5, 0.6) is 0 Å². The van der Waals surface area contributed by atoms with E-state index in [2.05, 4.69) is 4.74 Å². The second-order valence-corrected chi connectivity index (χ2v) is 4.99. The highest BCUT2D eigenvalue weighted by atomic mass is 16.6. The van der Waals surface area contributed by atoms with E-state index in [-0.39, 0.29) is 0 Å². The van der Waals surface area contributed by atoms with Crippen molar-refractivity contribution in [1.29, 1.82) is 0 Å². The van der Waals surface area contributed by atoms with Gasteiger partial charge in [0.05, 0.1) is 13.3 Å². The fourth-order valence-corrected chi connectivity index (χ4v) is 2.01. The highest BCUT2D eigenvalue weighted by molar-refractivity contribution is 6.40. The third-order valence-electron chi connectivity index (χ3n) is 3.54. The van der Waals surface area contributed by atoms with Crippen molar-refractivity contribution in [1.82, 2.24) is 16.0 Å². The van der Waals surface area contributed by atoms with Crippen LogP contribution in [0.25, 0.3) is 0 Å². The van der Waals surface area contributed by atoms with E-state index < -0.39 is 71.7 Å². The van der Waals surface area contributed by atoms with Gasteiger partial charge in [0.15, 0.2) is 0 Å². The average Bonchev–Trinajstić information content (AvgIpc) is 2.54. The van der Waals surface area contributed by atoms with E-state index in [4.69, 9.17) is 21.1 Å². The van der Waals surface area contributed by atoms with Crippen LogP contribution in [0.4, 0.5) is 0 Å². The second-order valence-electron chi connectivity index (χ2n) is 4.99. The van der Waals surface area contributed by atoms with Crippen LogP contribution in [0.2, 0.25) is 0 Å². The van der Waals surface area contributed by atoms with Crippen molar-refractivity contribution >= 4 is 47.6 Å². The maximum absolute atomic E-state index is 12.0. The van der Waals surface area contributed by atoms with Crippen LogP contribution in [0.15, 0.2) is 0 Å². The molecule has 1 saturated heterocycles. The molecule has 0 atom stereocenters. The minimum atomic E-state index is -3.69. The van der Waals surface area contributed by atoms with E-state index in [1.807, 2.05) is 0 Å². The number of esters is 2. The maximum Gasteiger partial charge on any atom is 0.352 e. The summed E-state index contributed by atoms with van der Waals surface area (Å²) in [7, 11) is 0. The van der Waals surface area contributed by atoms with Crippen LogP contribution in [-0.4, -0.2) is 76.2 Å². The Hall–Kier alpha value is -4.08. The zero-order valence-electron chi connectivity index (χ0n) is 13.5. The largest absolute Gasteiger partial charge is 0.480 e. The number of amides is 3. The number of carboxylic acids is 3. The first kappa shape index (κ1) is 22.0. The molecule has 0 spiro atoms. The van der Waals surface area contributed by atoms with Crippen molar-refractivity contribution in [2.24, 2.45) is 16.6 Å². The van der Waals surface area contributed by atoms with Crippen LogP contribution in [0.3, 0.4) is 0 Å². The van der Waals surface area contributed by atoms with Gasteiger partial charge in [-0.2, -0.15) is 0 Å². The number of rotatable bonds is 9. The molecule has 0 aliphatic carbocycles. The van der Waals surface area contributed by atoms with Gasteiger partial charge in [0.2, 0.25) is 0 Å². The first-order valence-corrected chi connectivity index (χ1v) is 6.93. The summed E-state index contributed by atoms with van der Waals surface area (Å²) in [6, 6.07) is 0. The van der Waals surface area contributed by atoms with Gasteiger partial charge < -0.3 is 41.7 Å². The third kappa shape index (κ3) is 2.96. The molecular weight excluding hydrogens is 392 g/mol. The molecule has 3 amide bonds. The normalized spacial score (nSPS) is 14.8. The van der Waals surface area contributed by atoms with Crippen LogP contribution in [0.1, 0.15) is 0 Å². The quantitative estimate of drug-likeness (QED) is 0.107. The lowest BCUT2D eigenvalue weighted by molar-refractivity contribution is -0.202. The predicted molar refractivity (Wildman–Crippen MR) is 77.2 cm³/mol. The fourth-order valence-electron chi connectivity index (χ4n) is 2.01. The summed E-state index contributed by atoms with van der Waals surface area (Å²) in [5.41, 5.74) is -1.97. The number of hydrogen-bond acceptors (Lipinski definition) is 10. The Bertz CT molecular complexity index is 761. The zero-order chi connectivity index (χ0) is 21.9. The minimum absolute atomic E-state index is 0.712. The Labute approximate surface area is 153 Å². The van der Waals surface area contributed by atoms with Gasteiger partial charge in [-0.15, -0.1) is 0 Å². The van der Waals surface area contributed by atoms with E-state index >= 15 is 0 Å². The Morgan fingerprint density at radius 1 is 0.893 bits per heavy atom. The SMILES string of the molecule is NCNC(=O)C(C(=O)O)(C(=O)O)C(=O)NCNC(=O)C1(C(=O)O)C(=O)OC1=O. The molecule has 152 valence electrons. The fraction of sp³-hybridized carbons (Fsp3) is 0.333. The van der Waals surface area contributed by atoms with Crippen molar-refractivity contribution in [2.45, 2.75) is 0 Å². The Balaban J connectivity index is 2.98.